The Morgan fingerprint density at radius 3 is 2.61 bits per heavy atom. The van der Waals surface area contributed by atoms with Crippen LogP contribution in [-0.2, 0) is 15.7 Å². The summed E-state index contributed by atoms with van der Waals surface area (Å²) >= 11 is 0. The van der Waals surface area contributed by atoms with E-state index in [1.165, 1.54) is 6.07 Å². The molecule has 1 aromatic rings. The van der Waals surface area contributed by atoms with Gasteiger partial charge in [-0.2, -0.15) is 13.2 Å². The molecule has 1 aliphatic heterocycles. The van der Waals surface area contributed by atoms with Crippen LogP contribution in [0.5, 0.6) is 0 Å². The Morgan fingerprint density at radius 2 is 2.00 bits per heavy atom. The number of nitrogens with zero attached hydrogens (tertiary/aromatic N) is 1. The first kappa shape index (κ1) is 21.5. The van der Waals surface area contributed by atoms with Gasteiger partial charge in [-0.15, -0.1) is 0 Å². The summed E-state index contributed by atoms with van der Waals surface area (Å²) in [5, 5.41) is 13.9. The number of hydrogen-bond acceptors (Lipinski definition) is 4. The third-order valence-corrected chi connectivity index (χ3v) is 4.13. The normalized spacial score (nSPS) is 19.4. The molecule has 1 heterocycles. The second kappa shape index (κ2) is 8.91. The lowest BCUT2D eigenvalue weighted by Crippen LogP contribution is -2.47. The molecule has 28 heavy (non-hydrogen) atoms. The van der Waals surface area contributed by atoms with Crippen LogP contribution < -0.4 is 10.6 Å². The molecule has 11 heteroatoms. The van der Waals surface area contributed by atoms with Gasteiger partial charge >= 0.3 is 12.3 Å². The number of rotatable bonds is 6. The monoisotopic (exact) mass is 403 g/mol. The molecular weight excluding hydrogens is 383 g/mol. The summed E-state index contributed by atoms with van der Waals surface area (Å²) in [6.07, 6.45) is -6.25. The van der Waals surface area contributed by atoms with E-state index in [0.717, 1.165) is 17.0 Å². The van der Waals surface area contributed by atoms with Gasteiger partial charge in [-0.25, -0.2) is 4.79 Å². The molecule has 3 N–H and O–H groups in total. The molecule has 0 spiro atoms. The third-order valence-electron chi connectivity index (χ3n) is 4.13. The Labute approximate surface area is 158 Å². The lowest BCUT2D eigenvalue weighted by atomic mass is 10.1. The predicted molar refractivity (Wildman–Crippen MR) is 90.7 cm³/mol. The van der Waals surface area contributed by atoms with Gasteiger partial charge in [0, 0.05) is 18.7 Å². The van der Waals surface area contributed by atoms with Gasteiger partial charge in [-0.3, -0.25) is 9.59 Å². The van der Waals surface area contributed by atoms with Crippen molar-refractivity contribution in [3.05, 3.63) is 35.4 Å². The lowest BCUT2D eigenvalue weighted by Gasteiger charge is -2.19. The van der Waals surface area contributed by atoms with E-state index >= 15 is 0 Å². The maximum absolute atomic E-state index is 12.7. The minimum absolute atomic E-state index is 0.0350. The first-order valence-corrected chi connectivity index (χ1v) is 8.46. The van der Waals surface area contributed by atoms with E-state index in [9.17, 15) is 27.6 Å². The molecule has 0 saturated carbocycles. The van der Waals surface area contributed by atoms with E-state index in [-0.39, 0.29) is 18.7 Å². The summed E-state index contributed by atoms with van der Waals surface area (Å²) in [6, 6.07) is 3.25. The van der Waals surface area contributed by atoms with Crippen LogP contribution in [0.2, 0.25) is 0 Å². The van der Waals surface area contributed by atoms with E-state index in [1.54, 1.807) is 6.92 Å². The summed E-state index contributed by atoms with van der Waals surface area (Å²) in [4.78, 5) is 36.2. The number of nitrogens with one attached hydrogen (secondary N) is 2. The van der Waals surface area contributed by atoms with Crippen molar-refractivity contribution in [2.45, 2.75) is 25.2 Å². The maximum Gasteiger partial charge on any atom is 0.416 e. The summed E-state index contributed by atoms with van der Waals surface area (Å²) < 4.78 is 43.5. The first-order chi connectivity index (χ1) is 13.1. The van der Waals surface area contributed by atoms with Gasteiger partial charge < -0.3 is 25.4 Å². The van der Waals surface area contributed by atoms with Crippen LogP contribution in [-0.4, -0.2) is 66.3 Å². The molecule has 0 radical (unpaired) electrons. The van der Waals surface area contributed by atoms with Crippen LogP contribution in [0, 0.1) is 0 Å². The Hall–Kier alpha value is -2.82. The zero-order valence-corrected chi connectivity index (χ0v) is 15.0. The molecule has 1 fully saturated rings. The zero-order chi connectivity index (χ0) is 20.9. The average molecular weight is 403 g/mol. The van der Waals surface area contributed by atoms with Crippen molar-refractivity contribution >= 4 is 17.9 Å². The molecule has 2 atom stereocenters. The number of carbonyl (C=O) groups excluding carboxylic acids is 2. The van der Waals surface area contributed by atoms with Gasteiger partial charge in [0.05, 0.1) is 30.8 Å². The number of benzene rings is 1. The molecule has 1 saturated heterocycles. The lowest BCUT2D eigenvalue weighted by molar-refractivity contribution is -0.137. The predicted octanol–water partition coefficient (Wildman–Crippen LogP) is 1.32. The Kier molecular flexibility index (Phi) is 6.84. The van der Waals surface area contributed by atoms with Crippen molar-refractivity contribution in [1.82, 2.24) is 15.5 Å². The van der Waals surface area contributed by atoms with Crippen LogP contribution in [0.4, 0.5) is 18.0 Å². The molecule has 154 valence electrons. The Morgan fingerprint density at radius 1 is 1.29 bits per heavy atom. The summed E-state index contributed by atoms with van der Waals surface area (Å²) in [5.74, 6) is -1.44. The van der Waals surface area contributed by atoms with Crippen LogP contribution >= 0.6 is 0 Å². The Bertz CT molecular complexity index is 741. The fourth-order valence-corrected chi connectivity index (χ4v) is 2.81. The number of likely N-dealkylation sites (tertiary alicyclic amines) is 1. The standard InChI is InChI=1S/C17H20F3N3O5/c1-2-28-13-9-23(16(26)27)8-12(13)22-14(24)7-21-15(25)10-4-3-5-11(6-10)17(18,19)20/h3-6,12-13H,2,7-9H2,1H3,(H,21,25)(H,22,24)(H,26,27)/t12-,13-/m0/s1. The molecule has 0 unspecified atom stereocenters. The highest BCUT2D eigenvalue weighted by molar-refractivity contribution is 5.96. The second-order valence-corrected chi connectivity index (χ2v) is 6.12. The number of ether oxygens (including phenoxy) is 1. The topological polar surface area (TPSA) is 108 Å². The van der Waals surface area contributed by atoms with Crippen LogP contribution in [0.25, 0.3) is 0 Å². The summed E-state index contributed by atoms with van der Waals surface area (Å²) in [5.41, 5.74) is -1.20. The highest BCUT2D eigenvalue weighted by Crippen LogP contribution is 2.29. The second-order valence-electron chi connectivity index (χ2n) is 6.12. The fraction of sp³-hybridized carbons (Fsp3) is 0.471. The highest BCUT2D eigenvalue weighted by Gasteiger charge is 2.36. The van der Waals surface area contributed by atoms with E-state index in [1.807, 2.05) is 0 Å². The van der Waals surface area contributed by atoms with Gasteiger partial charge in [-0.05, 0) is 25.1 Å². The minimum atomic E-state index is -4.58. The number of halogens is 3. The highest BCUT2D eigenvalue weighted by atomic mass is 19.4. The average Bonchev–Trinajstić information content (AvgIpc) is 3.02. The molecule has 0 aliphatic carbocycles. The number of hydrogen-bond donors (Lipinski definition) is 3. The quantitative estimate of drug-likeness (QED) is 0.664. The van der Waals surface area contributed by atoms with E-state index in [0.29, 0.717) is 12.7 Å². The summed E-state index contributed by atoms with van der Waals surface area (Å²) in [6.45, 7) is 1.73. The zero-order valence-electron chi connectivity index (χ0n) is 15.0. The smallest absolute Gasteiger partial charge is 0.416 e. The van der Waals surface area contributed by atoms with Gasteiger partial charge in [0.25, 0.3) is 5.91 Å². The van der Waals surface area contributed by atoms with Crippen LogP contribution in [0.15, 0.2) is 24.3 Å². The number of alkyl halides is 3. The van der Waals surface area contributed by atoms with E-state index in [2.05, 4.69) is 10.6 Å². The molecule has 0 bridgehead atoms. The molecule has 3 amide bonds. The van der Waals surface area contributed by atoms with E-state index in [4.69, 9.17) is 9.84 Å². The van der Waals surface area contributed by atoms with Crippen molar-refractivity contribution in [3.63, 3.8) is 0 Å². The first-order valence-electron chi connectivity index (χ1n) is 8.46. The molecular formula is C17H20F3N3O5. The number of amides is 3. The van der Waals surface area contributed by atoms with Gasteiger partial charge in [-0.1, -0.05) is 6.07 Å². The van der Waals surface area contributed by atoms with Crippen molar-refractivity contribution in [2.24, 2.45) is 0 Å². The molecule has 1 aliphatic rings. The number of carboxylic acid groups (broad SMARTS) is 1. The largest absolute Gasteiger partial charge is 0.465 e. The number of carbonyl (C=O) groups is 3. The molecule has 1 aromatic carbocycles. The SMILES string of the molecule is CCO[C@H]1CN(C(=O)O)C[C@@H]1NC(=O)CNC(=O)c1cccc(C(F)(F)F)c1. The van der Waals surface area contributed by atoms with Crippen molar-refractivity contribution in [3.8, 4) is 0 Å². The van der Waals surface area contributed by atoms with Crippen LogP contribution in [0.1, 0.15) is 22.8 Å². The van der Waals surface area contributed by atoms with E-state index < -0.39 is 48.3 Å². The fourth-order valence-electron chi connectivity index (χ4n) is 2.81. The van der Waals surface area contributed by atoms with Crippen molar-refractivity contribution < 1.29 is 37.4 Å². The molecule has 2 rings (SSSR count). The summed E-state index contributed by atoms with van der Waals surface area (Å²) in [7, 11) is 0. The molecule has 8 nitrogen and oxygen atoms in total. The van der Waals surface area contributed by atoms with Crippen LogP contribution in [0.3, 0.4) is 0 Å². The maximum atomic E-state index is 12.7. The third kappa shape index (κ3) is 5.59. The van der Waals surface area contributed by atoms with Gasteiger partial charge in [0.1, 0.15) is 0 Å². The Balaban J connectivity index is 1.91. The van der Waals surface area contributed by atoms with Gasteiger partial charge in [0.2, 0.25) is 5.91 Å². The molecule has 0 aromatic heterocycles. The van der Waals surface area contributed by atoms with Crippen molar-refractivity contribution in [2.75, 3.05) is 26.2 Å². The van der Waals surface area contributed by atoms with Gasteiger partial charge in [0.15, 0.2) is 0 Å². The van der Waals surface area contributed by atoms with Crippen molar-refractivity contribution in [1.29, 1.82) is 0 Å². The minimum Gasteiger partial charge on any atom is -0.465 e.